The van der Waals surface area contributed by atoms with E-state index in [-0.39, 0.29) is 0 Å². The maximum absolute atomic E-state index is 8.35. The number of rotatable bonds is 15. The summed E-state index contributed by atoms with van der Waals surface area (Å²) >= 11 is 0. The molecule has 0 saturated carbocycles. The first-order chi connectivity index (χ1) is 9.91. The summed E-state index contributed by atoms with van der Waals surface area (Å²) in [5.41, 5.74) is 0. The summed E-state index contributed by atoms with van der Waals surface area (Å²) in [5, 5.41) is 8.35. The summed E-state index contributed by atoms with van der Waals surface area (Å²) in [6, 6.07) is 2.09. The van der Waals surface area contributed by atoms with Crippen molar-refractivity contribution < 1.29 is 4.74 Å². The number of allylic oxidation sites excluding steroid dienone is 2. The molecule has 0 spiro atoms. The van der Waals surface area contributed by atoms with E-state index in [2.05, 4.69) is 25.1 Å². The molecule has 20 heavy (non-hydrogen) atoms. The average Bonchev–Trinajstić information content (AvgIpc) is 2.47. The lowest BCUT2D eigenvalue weighted by atomic mass is 10.1. The lowest BCUT2D eigenvalue weighted by Crippen LogP contribution is -1.95. The van der Waals surface area contributed by atoms with E-state index in [4.69, 9.17) is 10.00 Å². The van der Waals surface area contributed by atoms with E-state index < -0.39 is 0 Å². The molecule has 0 rings (SSSR count). The normalized spacial score (nSPS) is 11.0. The molecule has 2 nitrogen and oxygen atoms in total. The van der Waals surface area contributed by atoms with Crippen LogP contribution in [0.4, 0.5) is 0 Å². The van der Waals surface area contributed by atoms with Crippen molar-refractivity contribution in [2.24, 2.45) is 0 Å². The fourth-order valence-corrected chi connectivity index (χ4v) is 2.15. The zero-order valence-corrected chi connectivity index (χ0v) is 13.4. The van der Waals surface area contributed by atoms with Crippen LogP contribution in [0.2, 0.25) is 0 Å². The van der Waals surface area contributed by atoms with Crippen LogP contribution in [0.25, 0.3) is 0 Å². The largest absolute Gasteiger partial charge is 0.380 e. The quantitative estimate of drug-likeness (QED) is 0.281. The molecule has 0 bridgehead atoms. The van der Waals surface area contributed by atoms with Crippen molar-refractivity contribution in [3.63, 3.8) is 0 Å². The van der Waals surface area contributed by atoms with Crippen molar-refractivity contribution in [1.82, 2.24) is 0 Å². The average molecular weight is 279 g/mol. The van der Waals surface area contributed by atoms with Crippen LogP contribution < -0.4 is 0 Å². The highest BCUT2D eigenvalue weighted by Gasteiger charge is 1.93. The minimum Gasteiger partial charge on any atom is -0.380 e. The van der Waals surface area contributed by atoms with E-state index in [1.54, 1.807) is 0 Å². The Morgan fingerprint density at radius 2 is 1.40 bits per heavy atom. The van der Waals surface area contributed by atoms with Gasteiger partial charge in [0.25, 0.3) is 0 Å². The van der Waals surface area contributed by atoms with Gasteiger partial charge in [-0.25, -0.2) is 0 Å². The van der Waals surface area contributed by atoms with Gasteiger partial charge in [0.15, 0.2) is 0 Å². The summed E-state index contributed by atoms with van der Waals surface area (Å²) in [4.78, 5) is 0. The minimum atomic E-state index is 0.521. The molecular formula is C18H33NO. The standard InChI is InChI=1S/C18H33NO/c1-2-3-4-5-6-7-8-9-10-11-12-13-14-17-20-18-15-16-19/h4-5H,2-3,6-15,17-18H2,1H3/b5-4+. The molecule has 0 fully saturated rings. The Morgan fingerprint density at radius 3 is 2.05 bits per heavy atom. The van der Waals surface area contributed by atoms with E-state index in [1.165, 1.54) is 64.2 Å². The Morgan fingerprint density at radius 1 is 0.800 bits per heavy atom. The molecule has 0 N–H and O–H groups in total. The molecule has 0 aromatic carbocycles. The number of hydrogen-bond donors (Lipinski definition) is 0. The van der Waals surface area contributed by atoms with Crippen LogP contribution in [0.3, 0.4) is 0 Å². The van der Waals surface area contributed by atoms with Crippen LogP contribution in [0.1, 0.15) is 84.0 Å². The summed E-state index contributed by atoms with van der Waals surface area (Å²) in [6.07, 6.45) is 19.6. The Balaban J connectivity index is 2.98. The van der Waals surface area contributed by atoms with Gasteiger partial charge < -0.3 is 4.74 Å². The monoisotopic (exact) mass is 279 g/mol. The molecule has 116 valence electrons. The van der Waals surface area contributed by atoms with Crippen molar-refractivity contribution in [1.29, 1.82) is 5.26 Å². The van der Waals surface area contributed by atoms with Gasteiger partial charge in [-0.05, 0) is 25.7 Å². The van der Waals surface area contributed by atoms with Crippen LogP contribution >= 0.6 is 0 Å². The van der Waals surface area contributed by atoms with Crippen molar-refractivity contribution >= 4 is 0 Å². The zero-order valence-electron chi connectivity index (χ0n) is 13.4. The number of nitrogens with zero attached hydrogens (tertiary/aromatic N) is 1. The fourth-order valence-electron chi connectivity index (χ4n) is 2.15. The third kappa shape index (κ3) is 17.2. The number of unbranched alkanes of at least 4 members (excludes halogenated alkanes) is 9. The highest BCUT2D eigenvalue weighted by atomic mass is 16.5. The van der Waals surface area contributed by atoms with Crippen LogP contribution in [0.5, 0.6) is 0 Å². The van der Waals surface area contributed by atoms with Crippen LogP contribution in [0.15, 0.2) is 12.2 Å². The van der Waals surface area contributed by atoms with Gasteiger partial charge >= 0.3 is 0 Å². The molecule has 0 aliphatic carbocycles. The Hall–Kier alpha value is -0.810. The van der Waals surface area contributed by atoms with E-state index in [0.717, 1.165) is 13.0 Å². The topological polar surface area (TPSA) is 33.0 Å². The van der Waals surface area contributed by atoms with Gasteiger partial charge in [0.05, 0.1) is 19.1 Å². The summed E-state index contributed by atoms with van der Waals surface area (Å²) in [5.74, 6) is 0. The highest BCUT2D eigenvalue weighted by molar-refractivity contribution is 4.80. The molecule has 0 unspecified atom stereocenters. The van der Waals surface area contributed by atoms with Crippen LogP contribution in [-0.2, 0) is 4.74 Å². The summed E-state index contributed by atoms with van der Waals surface area (Å²) < 4.78 is 5.35. The molecule has 0 aromatic heterocycles. The Labute approximate surface area is 126 Å². The molecule has 0 aliphatic rings. The fraction of sp³-hybridized carbons (Fsp3) is 0.833. The smallest absolute Gasteiger partial charge is 0.0645 e. The molecule has 0 amide bonds. The molecule has 0 aromatic rings. The Bertz CT molecular complexity index is 242. The van der Waals surface area contributed by atoms with Crippen LogP contribution in [-0.4, -0.2) is 13.2 Å². The first-order valence-electron chi connectivity index (χ1n) is 8.51. The van der Waals surface area contributed by atoms with Gasteiger partial charge in [-0.15, -0.1) is 0 Å². The van der Waals surface area contributed by atoms with Gasteiger partial charge in [0.2, 0.25) is 0 Å². The van der Waals surface area contributed by atoms with E-state index >= 15 is 0 Å². The van der Waals surface area contributed by atoms with Crippen molar-refractivity contribution in [3.05, 3.63) is 12.2 Å². The second-order valence-corrected chi connectivity index (χ2v) is 5.40. The minimum absolute atomic E-state index is 0.521. The van der Waals surface area contributed by atoms with Crippen molar-refractivity contribution in [3.8, 4) is 6.07 Å². The number of hydrogen-bond acceptors (Lipinski definition) is 2. The molecule has 2 heteroatoms. The first kappa shape index (κ1) is 19.2. The third-order valence-electron chi connectivity index (χ3n) is 3.39. The molecular weight excluding hydrogens is 246 g/mol. The number of nitriles is 1. The lowest BCUT2D eigenvalue weighted by molar-refractivity contribution is 0.135. The molecule has 0 radical (unpaired) electrons. The van der Waals surface area contributed by atoms with Gasteiger partial charge in [0, 0.05) is 6.61 Å². The SMILES string of the molecule is CCC/C=C/CCCCCCCCCCOCCC#N. The Kier molecular flexibility index (Phi) is 17.5. The van der Waals surface area contributed by atoms with Crippen LogP contribution in [0, 0.1) is 11.3 Å². The predicted octanol–water partition coefficient (Wildman–Crippen LogP) is 5.78. The van der Waals surface area contributed by atoms with E-state index in [1.807, 2.05) is 0 Å². The molecule has 0 saturated heterocycles. The number of ether oxygens (including phenoxy) is 1. The maximum Gasteiger partial charge on any atom is 0.0645 e. The zero-order chi connectivity index (χ0) is 14.7. The predicted molar refractivity (Wildman–Crippen MR) is 86.7 cm³/mol. The maximum atomic E-state index is 8.35. The summed E-state index contributed by atoms with van der Waals surface area (Å²) in [6.45, 7) is 3.65. The molecule has 0 heterocycles. The highest BCUT2D eigenvalue weighted by Crippen LogP contribution is 2.10. The second-order valence-electron chi connectivity index (χ2n) is 5.40. The van der Waals surface area contributed by atoms with E-state index in [0.29, 0.717) is 13.0 Å². The first-order valence-corrected chi connectivity index (χ1v) is 8.51. The molecule has 0 atom stereocenters. The van der Waals surface area contributed by atoms with Crippen molar-refractivity contribution in [2.45, 2.75) is 84.0 Å². The van der Waals surface area contributed by atoms with Crippen molar-refractivity contribution in [2.75, 3.05) is 13.2 Å². The van der Waals surface area contributed by atoms with Gasteiger partial charge in [0.1, 0.15) is 0 Å². The van der Waals surface area contributed by atoms with Gasteiger partial charge in [-0.2, -0.15) is 5.26 Å². The van der Waals surface area contributed by atoms with Gasteiger partial charge in [-0.3, -0.25) is 0 Å². The van der Waals surface area contributed by atoms with Gasteiger partial charge in [-0.1, -0.05) is 64.0 Å². The third-order valence-corrected chi connectivity index (χ3v) is 3.39. The molecule has 0 aliphatic heterocycles. The van der Waals surface area contributed by atoms with E-state index in [9.17, 15) is 0 Å². The summed E-state index contributed by atoms with van der Waals surface area (Å²) in [7, 11) is 0. The lowest BCUT2D eigenvalue weighted by Gasteiger charge is -2.02. The second kappa shape index (κ2) is 18.2.